The first kappa shape index (κ1) is 34.0. The number of amides is 2. The number of benzene rings is 4. The summed E-state index contributed by atoms with van der Waals surface area (Å²) in [5.41, 5.74) is 1.85. The normalized spacial score (nSPS) is 11.8. The average molecular weight is 713 g/mol. The van der Waals surface area contributed by atoms with Crippen molar-refractivity contribution in [2.75, 3.05) is 24.5 Å². The summed E-state index contributed by atoms with van der Waals surface area (Å²) in [5, 5.41) is 3.25. The lowest BCUT2D eigenvalue weighted by Crippen LogP contribution is -2.53. The first-order chi connectivity index (χ1) is 21.6. The van der Waals surface area contributed by atoms with E-state index in [1.807, 2.05) is 61.5 Å². The third-order valence-corrected chi connectivity index (χ3v) is 9.66. The minimum Gasteiger partial charge on any atom is -0.497 e. The van der Waals surface area contributed by atoms with Crippen molar-refractivity contribution in [3.05, 3.63) is 124 Å². The zero-order chi connectivity index (χ0) is 32.4. The molecule has 0 fully saturated rings. The van der Waals surface area contributed by atoms with Crippen LogP contribution in [0.3, 0.4) is 0 Å². The molecule has 0 aliphatic rings. The second-order valence-corrected chi connectivity index (χ2v) is 13.5. The van der Waals surface area contributed by atoms with E-state index in [1.165, 1.54) is 30.2 Å². The highest BCUT2D eigenvalue weighted by Gasteiger charge is 2.34. The van der Waals surface area contributed by atoms with E-state index in [0.29, 0.717) is 23.7 Å². The quantitative estimate of drug-likeness (QED) is 0.162. The number of ether oxygens (including phenoxy) is 1. The molecule has 2 amide bonds. The van der Waals surface area contributed by atoms with E-state index in [1.54, 1.807) is 30.3 Å². The Morgan fingerprint density at radius 1 is 0.911 bits per heavy atom. The first-order valence-electron chi connectivity index (χ1n) is 14.4. The van der Waals surface area contributed by atoms with Gasteiger partial charge in [0.05, 0.1) is 17.7 Å². The lowest BCUT2D eigenvalue weighted by Gasteiger charge is -2.34. The molecule has 4 aromatic carbocycles. The molecule has 8 nitrogen and oxygen atoms in total. The number of rotatable bonds is 14. The molecule has 1 N–H and O–H groups in total. The maximum Gasteiger partial charge on any atom is 0.264 e. The van der Waals surface area contributed by atoms with Gasteiger partial charge in [-0.3, -0.25) is 13.9 Å². The summed E-state index contributed by atoms with van der Waals surface area (Å²) in [6.07, 6.45) is 0.953. The zero-order valence-electron chi connectivity index (χ0n) is 25.0. The van der Waals surface area contributed by atoms with Crippen molar-refractivity contribution in [3.63, 3.8) is 0 Å². The highest BCUT2D eigenvalue weighted by molar-refractivity contribution is 9.10. The summed E-state index contributed by atoms with van der Waals surface area (Å²) in [7, 11) is -2.77. The summed E-state index contributed by atoms with van der Waals surface area (Å²) in [6, 6.07) is 28.2. The van der Waals surface area contributed by atoms with Crippen LogP contribution in [0.25, 0.3) is 0 Å². The van der Waals surface area contributed by atoms with Crippen molar-refractivity contribution in [3.8, 4) is 5.75 Å². The summed E-state index contributed by atoms with van der Waals surface area (Å²) >= 11 is 9.73. The standard InChI is InChI=1S/C34H35BrClN3O5S/c1-3-20-37-34(41)32(21-25-8-5-4-6-9-25)38(23-26-12-14-27(35)15-13-26)33(40)24-39(29-11-7-10-28(36)22-29)45(42,43)31-18-16-30(44-2)17-19-31/h4-19,22,32H,3,20-21,23-24H2,1-2H3,(H,37,41). The van der Waals surface area contributed by atoms with Gasteiger partial charge in [0.1, 0.15) is 18.3 Å². The first-order valence-corrected chi connectivity index (χ1v) is 17.0. The molecular weight excluding hydrogens is 678 g/mol. The molecule has 0 aliphatic heterocycles. The molecule has 0 aromatic heterocycles. The molecule has 45 heavy (non-hydrogen) atoms. The van der Waals surface area contributed by atoms with E-state index in [9.17, 15) is 18.0 Å². The Hall–Kier alpha value is -3.86. The van der Waals surface area contributed by atoms with Crippen LogP contribution in [0.15, 0.2) is 112 Å². The Kier molecular flexibility index (Phi) is 12.0. The number of nitrogens with zero attached hydrogens (tertiary/aromatic N) is 2. The molecule has 4 aromatic rings. The van der Waals surface area contributed by atoms with Gasteiger partial charge in [-0.25, -0.2) is 8.42 Å². The van der Waals surface area contributed by atoms with Gasteiger partial charge in [0.15, 0.2) is 0 Å². The molecule has 0 heterocycles. The number of nitrogens with one attached hydrogen (secondary N) is 1. The molecule has 0 aliphatic carbocycles. The number of sulfonamides is 1. The second kappa shape index (κ2) is 15.9. The predicted molar refractivity (Wildman–Crippen MR) is 181 cm³/mol. The highest BCUT2D eigenvalue weighted by atomic mass is 79.9. The third-order valence-electron chi connectivity index (χ3n) is 7.11. The number of hydrogen-bond donors (Lipinski definition) is 1. The van der Waals surface area contributed by atoms with E-state index in [-0.39, 0.29) is 29.5 Å². The Morgan fingerprint density at radius 3 is 2.22 bits per heavy atom. The highest BCUT2D eigenvalue weighted by Crippen LogP contribution is 2.28. The van der Waals surface area contributed by atoms with Crippen LogP contribution >= 0.6 is 27.5 Å². The van der Waals surface area contributed by atoms with Crippen LogP contribution in [-0.4, -0.2) is 51.4 Å². The van der Waals surface area contributed by atoms with Crippen LogP contribution in [-0.2, 0) is 32.6 Å². The minimum absolute atomic E-state index is 0.0305. The van der Waals surface area contributed by atoms with Gasteiger partial charge >= 0.3 is 0 Å². The molecule has 0 saturated carbocycles. The van der Waals surface area contributed by atoms with Gasteiger partial charge in [-0.1, -0.05) is 83.0 Å². The monoisotopic (exact) mass is 711 g/mol. The topological polar surface area (TPSA) is 96.0 Å². The number of carbonyl (C=O) groups is 2. The summed E-state index contributed by atoms with van der Waals surface area (Å²) in [5.74, 6) is -0.386. The molecule has 0 radical (unpaired) electrons. The molecule has 0 saturated heterocycles. The molecule has 1 atom stereocenters. The van der Waals surface area contributed by atoms with Gasteiger partial charge in [-0.05, 0) is 72.1 Å². The van der Waals surface area contributed by atoms with Crippen molar-refractivity contribution in [2.45, 2.75) is 37.2 Å². The van der Waals surface area contributed by atoms with E-state index >= 15 is 0 Å². The number of carbonyl (C=O) groups excluding carboxylic acids is 2. The Labute approximate surface area is 278 Å². The van der Waals surface area contributed by atoms with Gasteiger partial charge in [0.2, 0.25) is 11.8 Å². The Balaban J connectivity index is 1.79. The zero-order valence-corrected chi connectivity index (χ0v) is 28.2. The fourth-order valence-electron chi connectivity index (χ4n) is 4.74. The fourth-order valence-corrected chi connectivity index (χ4v) is 6.60. The number of methoxy groups -OCH3 is 1. The van der Waals surface area contributed by atoms with Crippen molar-refractivity contribution in [1.82, 2.24) is 10.2 Å². The van der Waals surface area contributed by atoms with Crippen LogP contribution in [0, 0.1) is 0 Å². The van der Waals surface area contributed by atoms with Gasteiger partial charge < -0.3 is 15.0 Å². The second-order valence-electron chi connectivity index (χ2n) is 10.3. The van der Waals surface area contributed by atoms with Gasteiger partial charge in [0, 0.05) is 29.0 Å². The molecule has 0 bridgehead atoms. The van der Waals surface area contributed by atoms with Gasteiger partial charge in [-0.2, -0.15) is 0 Å². The minimum atomic E-state index is -4.26. The van der Waals surface area contributed by atoms with Gasteiger partial charge in [0.25, 0.3) is 10.0 Å². The van der Waals surface area contributed by atoms with Crippen LogP contribution in [0.5, 0.6) is 5.75 Å². The summed E-state index contributed by atoms with van der Waals surface area (Å²) in [4.78, 5) is 29.6. The lowest BCUT2D eigenvalue weighted by atomic mass is 10.0. The van der Waals surface area contributed by atoms with Crippen LogP contribution < -0.4 is 14.4 Å². The van der Waals surface area contributed by atoms with E-state index in [2.05, 4.69) is 21.2 Å². The maximum absolute atomic E-state index is 14.4. The molecule has 1 unspecified atom stereocenters. The number of anilines is 1. The predicted octanol–water partition coefficient (Wildman–Crippen LogP) is 6.47. The molecule has 4 rings (SSSR count). The number of halogens is 2. The van der Waals surface area contributed by atoms with E-state index in [4.69, 9.17) is 16.3 Å². The van der Waals surface area contributed by atoms with Crippen molar-refractivity contribution in [2.24, 2.45) is 0 Å². The maximum atomic E-state index is 14.4. The smallest absolute Gasteiger partial charge is 0.264 e. The van der Waals surface area contributed by atoms with E-state index < -0.39 is 28.5 Å². The van der Waals surface area contributed by atoms with Crippen LogP contribution in [0.1, 0.15) is 24.5 Å². The number of hydrogen-bond acceptors (Lipinski definition) is 5. The largest absolute Gasteiger partial charge is 0.497 e. The van der Waals surface area contributed by atoms with Crippen LogP contribution in [0.4, 0.5) is 5.69 Å². The third kappa shape index (κ3) is 9.09. The molecule has 0 spiro atoms. The molecule has 11 heteroatoms. The van der Waals surface area contributed by atoms with Crippen LogP contribution in [0.2, 0.25) is 5.02 Å². The summed E-state index contributed by atoms with van der Waals surface area (Å²) < 4.78 is 35.3. The van der Waals surface area contributed by atoms with Gasteiger partial charge in [-0.15, -0.1) is 0 Å². The molecular formula is C34H35BrClN3O5S. The Morgan fingerprint density at radius 2 is 1.60 bits per heavy atom. The average Bonchev–Trinajstić information content (AvgIpc) is 3.05. The lowest BCUT2D eigenvalue weighted by molar-refractivity contribution is -0.140. The Bertz CT molecular complexity index is 1690. The molecule has 236 valence electrons. The van der Waals surface area contributed by atoms with Crippen molar-refractivity contribution >= 4 is 55.1 Å². The fraction of sp³-hybridized carbons (Fsp3) is 0.235. The summed E-state index contributed by atoms with van der Waals surface area (Å²) in [6.45, 7) is 1.89. The van der Waals surface area contributed by atoms with Crippen molar-refractivity contribution in [1.29, 1.82) is 0 Å². The SMILES string of the molecule is CCCNC(=O)C(Cc1ccccc1)N(Cc1ccc(Br)cc1)C(=O)CN(c1cccc(Cl)c1)S(=O)(=O)c1ccc(OC)cc1. The van der Waals surface area contributed by atoms with Crippen molar-refractivity contribution < 1.29 is 22.7 Å². The van der Waals surface area contributed by atoms with E-state index in [0.717, 1.165) is 19.9 Å².